The highest BCUT2D eigenvalue weighted by molar-refractivity contribution is 5.37. The molecule has 1 aromatic carbocycles. The van der Waals surface area contributed by atoms with E-state index in [9.17, 15) is 17.6 Å². The summed E-state index contributed by atoms with van der Waals surface area (Å²) < 4.78 is 51.2. The van der Waals surface area contributed by atoms with Gasteiger partial charge in [-0.05, 0) is 17.7 Å². The predicted molar refractivity (Wildman–Crippen MR) is 57.8 cm³/mol. The zero-order valence-corrected chi connectivity index (χ0v) is 9.05. The molecular weight excluding hydrogens is 248 g/mol. The summed E-state index contributed by atoms with van der Waals surface area (Å²) in [4.78, 5) is 3.10. The molecule has 2 aromatic rings. The molecule has 0 aliphatic rings. The number of pyridine rings is 1. The van der Waals surface area contributed by atoms with Gasteiger partial charge in [0.15, 0.2) is 17.5 Å². The number of anilines is 1. The number of benzene rings is 1. The van der Waals surface area contributed by atoms with Crippen molar-refractivity contribution in [1.29, 1.82) is 0 Å². The van der Waals surface area contributed by atoms with Gasteiger partial charge in [-0.1, -0.05) is 12.1 Å². The molecule has 0 saturated heterocycles. The molecule has 1 N–H and O–H groups in total. The summed E-state index contributed by atoms with van der Waals surface area (Å²) in [5.74, 6) is -4.50. The van der Waals surface area contributed by atoms with E-state index >= 15 is 0 Å². The molecule has 0 saturated carbocycles. The molecule has 0 bridgehead atoms. The molecule has 6 heteroatoms. The summed E-state index contributed by atoms with van der Waals surface area (Å²) in [5.41, 5.74) is 0.655. The number of halogens is 4. The van der Waals surface area contributed by atoms with E-state index in [2.05, 4.69) is 10.3 Å². The molecular formula is C12H8F4N2. The van der Waals surface area contributed by atoms with Gasteiger partial charge in [-0.25, -0.2) is 13.2 Å². The van der Waals surface area contributed by atoms with Crippen LogP contribution in [0, 0.1) is 23.4 Å². The zero-order valence-electron chi connectivity index (χ0n) is 9.05. The molecule has 0 unspecified atom stereocenters. The van der Waals surface area contributed by atoms with Crippen LogP contribution in [-0.2, 0) is 6.54 Å². The van der Waals surface area contributed by atoms with Crippen molar-refractivity contribution in [3.8, 4) is 0 Å². The van der Waals surface area contributed by atoms with Crippen molar-refractivity contribution >= 4 is 5.82 Å². The number of hydrogen-bond donors (Lipinski definition) is 1. The minimum Gasteiger partial charge on any atom is -0.363 e. The van der Waals surface area contributed by atoms with Gasteiger partial charge in [0.05, 0.1) is 0 Å². The molecule has 1 aromatic heterocycles. The Labute approximate surface area is 100 Å². The maximum absolute atomic E-state index is 13.2. The Balaban J connectivity index is 2.10. The van der Waals surface area contributed by atoms with Crippen LogP contribution in [0.25, 0.3) is 0 Å². The van der Waals surface area contributed by atoms with E-state index in [4.69, 9.17) is 0 Å². The van der Waals surface area contributed by atoms with Gasteiger partial charge in [0.2, 0.25) is 0 Å². The molecule has 0 radical (unpaired) electrons. The number of nitrogens with zero attached hydrogens (tertiary/aromatic N) is 1. The number of aromatic nitrogens is 1. The molecule has 0 fully saturated rings. The lowest BCUT2D eigenvalue weighted by atomic mass is 10.2. The van der Waals surface area contributed by atoms with Crippen LogP contribution in [0.5, 0.6) is 0 Å². The van der Waals surface area contributed by atoms with Crippen LogP contribution in [0.2, 0.25) is 0 Å². The van der Waals surface area contributed by atoms with E-state index in [-0.39, 0.29) is 6.54 Å². The Morgan fingerprint density at radius 2 is 1.61 bits per heavy atom. The summed E-state index contributed by atoms with van der Waals surface area (Å²) in [6.45, 7) is 0.120. The number of nitrogens with one attached hydrogen (secondary N) is 1. The van der Waals surface area contributed by atoms with Gasteiger partial charge in [-0.3, -0.25) is 0 Å². The highest BCUT2D eigenvalue weighted by Gasteiger charge is 2.11. The minimum atomic E-state index is -1.38. The Hall–Kier alpha value is -2.11. The van der Waals surface area contributed by atoms with Crippen LogP contribution in [0.15, 0.2) is 30.3 Å². The minimum absolute atomic E-state index is 0.120. The molecule has 2 rings (SSSR count). The van der Waals surface area contributed by atoms with Gasteiger partial charge in [0.1, 0.15) is 5.82 Å². The highest BCUT2D eigenvalue weighted by atomic mass is 19.2. The van der Waals surface area contributed by atoms with Gasteiger partial charge in [0.25, 0.3) is 5.95 Å². The lowest BCUT2D eigenvalue weighted by Crippen LogP contribution is -2.06. The fourth-order valence-corrected chi connectivity index (χ4v) is 1.36. The molecule has 94 valence electrons. The SMILES string of the molecule is Fc1ccc(CNc2nc(F)c(F)cc2F)cc1. The summed E-state index contributed by atoms with van der Waals surface area (Å²) in [7, 11) is 0. The van der Waals surface area contributed by atoms with E-state index in [1.807, 2.05) is 0 Å². The molecule has 0 aliphatic carbocycles. The number of hydrogen-bond acceptors (Lipinski definition) is 2. The van der Waals surface area contributed by atoms with E-state index in [1.54, 1.807) is 0 Å². The van der Waals surface area contributed by atoms with Crippen molar-refractivity contribution in [3.05, 3.63) is 59.3 Å². The lowest BCUT2D eigenvalue weighted by Gasteiger charge is -2.07. The normalized spacial score (nSPS) is 10.4. The topological polar surface area (TPSA) is 24.9 Å². The first kappa shape index (κ1) is 12.3. The van der Waals surface area contributed by atoms with E-state index in [1.165, 1.54) is 24.3 Å². The predicted octanol–water partition coefficient (Wildman–Crippen LogP) is 3.25. The summed E-state index contributed by atoms with van der Waals surface area (Å²) >= 11 is 0. The first-order valence-electron chi connectivity index (χ1n) is 5.06. The fourth-order valence-electron chi connectivity index (χ4n) is 1.36. The Kier molecular flexibility index (Phi) is 3.45. The molecule has 0 spiro atoms. The largest absolute Gasteiger partial charge is 0.363 e. The van der Waals surface area contributed by atoms with E-state index in [0.29, 0.717) is 11.6 Å². The van der Waals surface area contributed by atoms with Crippen molar-refractivity contribution in [1.82, 2.24) is 4.98 Å². The third-order valence-corrected chi connectivity index (χ3v) is 2.26. The van der Waals surface area contributed by atoms with Crippen molar-refractivity contribution in [2.45, 2.75) is 6.54 Å². The summed E-state index contributed by atoms with van der Waals surface area (Å²) in [6.07, 6.45) is 0. The summed E-state index contributed by atoms with van der Waals surface area (Å²) in [5, 5.41) is 2.50. The Morgan fingerprint density at radius 1 is 0.944 bits per heavy atom. The first-order valence-corrected chi connectivity index (χ1v) is 5.06. The van der Waals surface area contributed by atoms with Crippen molar-refractivity contribution in [2.75, 3.05) is 5.32 Å². The quantitative estimate of drug-likeness (QED) is 0.673. The average Bonchev–Trinajstić information content (AvgIpc) is 2.34. The lowest BCUT2D eigenvalue weighted by molar-refractivity contribution is 0.466. The maximum atomic E-state index is 13.2. The van der Waals surface area contributed by atoms with Crippen LogP contribution in [0.4, 0.5) is 23.4 Å². The van der Waals surface area contributed by atoms with Gasteiger partial charge in [-0.2, -0.15) is 9.37 Å². The molecule has 2 nitrogen and oxygen atoms in total. The fraction of sp³-hybridized carbons (Fsp3) is 0.0833. The Morgan fingerprint density at radius 3 is 2.28 bits per heavy atom. The molecule has 0 atom stereocenters. The van der Waals surface area contributed by atoms with Crippen LogP contribution in [0.3, 0.4) is 0 Å². The average molecular weight is 256 g/mol. The molecule has 1 heterocycles. The molecule has 0 amide bonds. The maximum Gasteiger partial charge on any atom is 0.251 e. The first-order chi connectivity index (χ1) is 8.56. The van der Waals surface area contributed by atoms with Crippen molar-refractivity contribution in [3.63, 3.8) is 0 Å². The smallest absolute Gasteiger partial charge is 0.251 e. The van der Waals surface area contributed by atoms with Crippen LogP contribution in [0.1, 0.15) is 5.56 Å². The second-order valence-electron chi connectivity index (χ2n) is 3.57. The van der Waals surface area contributed by atoms with Gasteiger partial charge < -0.3 is 5.32 Å². The Bertz CT molecular complexity index is 555. The second kappa shape index (κ2) is 5.03. The van der Waals surface area contributed by atoms with E-state index < -0.39 is 29.2 Å². The van der Waals surface area contributed by atoms with Crippen LogP contribution in [-0.4, -0.2) is 4.98 Å². The monoisotopic (exact) mass is 256 g/mol. The number of rotatable bonds is 3. The zero-order chi connectivity index (χ0) is 13.1. The van der Waals surface area contributed by atoms with Gasteiger partial charge in [-0.15, -0.1) is 0 Å². The van der Waals surface area contributed by atoms with E-state index in [0.717, 1.165) is 0 Å². The summed E-state index contributed by atoms with van der Waals surface area (Å²) in [6, 6.07) is 5.87. The third kappa shape index (κ3) is 2.77. The van der Waals surface area contributed by atoms with Crippen LogP contribution >= 0.6 is 0 Å². The van der Waals surface area contributed by atoms with Crippen molar-refractivity contribution in [2.24, 2.45) is 0 Å². The van der Waals surface area contributed by atoms with Crippen LogP contribution < -0.4 is 5.32 Å². The van der Waals surface area contributed by atoms with Crippen molar-refractivity contribution < 1.29 is 17.6 Å². The molecule has 0 aliphatic heterocycles. The second-order valence-corrected chi connectivity index (χ2v) is 3.57. The van der Waals surface area contributed by atoms with Gasteiger partial charge in [0, 0.05) is 12.6 Å². The standard InChI is InChI=1S/C12H8F4N2/c13-8-3-1-7(2-4-8)6-17-12-10(15)5-9(14)11(16)18-12/h1-5H,6H2,(H,17,18). The molecule has 18 heavy (non-hydrogen) atoms. The van der Waals surface area contributed by atoms with Gasteiger partial charge >= 0.3 is 0 Å². The third-order valence-electron chi connectivity index (χ3n) is 2.26. The highest BCUT2D eigenvalue weighted by Crippen LogP contribution is 2.15.